The molecule has 8 nitrogen and oxygen atoms in total. The predicted molar refractivity (Wildman–Crippen MR) is 67.9 cm³/mol. The number of nitrogens with zero attached hydrogens (tertiary/aromatic N) is 4. The summed E-state index contributed by atoms with van der Waals surface area (Å²) in [6, 6.07) is 1.24. The Kier molecular flexibility index (Phi) is 3.60. The molecule has 0 aliphatic rings. The maximum absolute atomic E-state index is 13.5. The van der Waals surface area contributed by atoms with Crippen LogP contribution in [0.2, 0.25) is 0 Å². The molecule has 0 aliphatic carbocycles. The highest BCUT2D eigenvalue weighted by Gasteiger charge is 2.18. The number of aryl methyl sites for hydroxylation is 1. The number of nitrogens with one attached hydrogen (secondary N) is 1. The molecular weight excluding hydrogens is 267 g/mol. The van der Waals surface area contributed by atoms with Crippen molar-refractivity contribution in [3.63, 3.8) is 0 Å². The van der Waals surface area contributed by atoms with Gasteiger partial charge in [-0.25, -0.2) is 4.39 Å². The fourth-order valence-corrected chi connectivity index (χ4v) is 1.56. The lowest BCUT2D eigenvalue weighted by atomic mass is 10.2. The number of oxime groups is 1. The standard InChI is InChI=1S/C11H11FN6O2/c1-18-10(7(4-15-18)9(13)17-20)16-11(19)6-2-3-14-5-8(6)12/h2-5,20H,1H3,(H2,13,17)(H,16,19). The molecule has 2 rings (SSSR count). The molecule has 0 fully saturated rings. The van der Waals surface area contributed by atoms with E-state index in [1.54, 1.807) is 7.05 Å². The van der Waals surface area contributed by atoms with Crippen LogP contribution in [-0.2, 0) is 7.05 Å². The third-order valence-corrected chi connectivity index (χ3v) is 2.57. The quantitative estimate of drug-likeness (QED) is 0.323. The summed E-state index contributed by atoms with van der Waals surface area (Å²) in [6.07, 6.45) is 3.54. The normalized spacial score (nSPS) is 11.4. The number of halogens is 1. The molecular formula is C11H11FN6O2. The van der Waals surface area contributed by atoms with Crippen LogP contribution < -0.4 is 11.1 Å². The molecule has 0 aliphatic heterocycles. The molecule has 0 aromatic carbocycles. The van der Waals surface area contributed by atoms with Crippen molar-refractivity contribution in [1.29, 1.82) is 0 Å². The first-order valence-electron chi connectivity index (χ1n) is 5.45. The van der Waals surface area contributed by atoms with Crippen LogP contribution in [-0.4, -0.2) is 31.7 Å². The summed E-state index contributed by atoms with van der Waals surface area (Å²) in [7, 11) is 1.55. The molecule has 1 amide bonds. The summed E-state index contributed by atoms with van der Waals surface area (Å²) in [5.41, 5.74) is 5.51. The summed E-state index contributed by atoms with van der Waals surface area (Å²) in [5.74, 6) is -1.48. The van der Waals surface area contributed by atoms with E-state index in [9.17, 15) is 9.18 Å². The maximum atomic E-state index is 13.5. The van der Waals surface area contributed by atoms with E-state index in [1.165, 1.54) is 23.1 Å². The molecule has 2 aromatic rings. The van der Waals surface area contributed by atoms with Gasteiger partial charge in [-0.3, -0.25) is 14.5 Å². The highest BCUT2D eigenvalue weighted by atomic mass is 19.1. The van der Waals surface area contributed by atoms with Gasteiger partial charge >= 0.3 is 0 Å². The molecule has 2 heterocycles. The molecule has 2 aromatic heterocycles. The lowest BCUT2D eigenvalue weighted by molar-refractivity contribution is 0.102. The topological polar surface area (TPSA) is 118 Å². The van der Waals surface area contributed by atoms with E-state index in [0.717, 1.165) is 6.20 Å². The molecule has 0 saturated heterocycles. The molecule has 4 N–H and O–H groups in total. The molecule has 104 valence electrons. The van der Waals surface area contributed by atoms with Crippen molar-refractivity contribution >= 4 is 17.6 Å². The van der Waals surface area contributed by atoms with Crippen molar-refractivity contribution in [2.75, 3.05) is 5.32 Å². The van der Waals surface area contributed by atoms with Crippen LogP contribution in [0, 0.1) is 5.82 Å². The second-order valence-corrected chi connectivity index (χ2v) is 3.83. The smallest absolute Gasteiger partial charge is 0.259 e. The number of hydrogen-bond donors (Lipinski definition) is 3. The first-order chi connectivity index (χ1) is 9.54. The van der Waals surface area contributed by atoms with E-state index in [4.69, 9.17) is 10.9 Å². The van der Waals surface area contributed by atoms with E-state index in [1.807, 2.05) is 0 Å². The van der Waals surface area contributed by atoms with E-state index >= 15 is 0 Å². The van der Waals surface area contributed by atoms with Crippen molar-refractivity contribution in [3.8, 4) is 0 Å². The van der Waals surface area contributed by atoms with E-state index in [2.05, 4.69) is 20.6 Å². The Morgan fingerprint density at radius 3 is 2.90 bits per heavy atom. The Balaban J connectivity index is 2.34. The number of carbonyl (C=O) groups excluding carboxylic acids is 1. The first kappa shape index (κ1) is 13.5. The zero-order valence-electron chi connectivity index (χ0n) is 10.4. The van der Waals surface area contributed by atoms with Crippen molar-refractivity contribution in [2.24, 2.45) is 17.9 Å². The van der Waals surface area contributed by atoms with E-state index in [-0.39, 0.29) is 22.8 Å². The summed E-state index contributed by atoms with van der Waals surface area (Å²) < 4.78 is 14.8. The van der Waals surface area contributed by atoms with Gasteiger partial charge < -0.3 is 16.3 Å². The minimum absolute atomic E-state index is 0.174. The molecule has 0 spiro atoms. The van der Waals surface area contributed by atoms with Gasteiger partial charge in [0, 0.05) is 13.2 Å². The van der Waals surface area contributed by atoms with Gasteiger partial charge in [-0.2, -0.15) is 5.10 Å². The number of amidine groups is 1. The highest BCUT2D eigenvalue weighted by molar-refractivity contribution is 6.09. The number of rotatable bonds is 3. The van der Waals surface area contributed by atoms with Crippen LogP contribution in [0.1, 0.15) is 15.9 Å². The third kappa shape index (κ3) is 2.41. The number of nitrogens with two attached hydrogens (primary N) is 1. The van der Waals surface area contributed by atoms with Gasteiger partial charge in [0.25, 0.3) is 5.91 Å². The van der Waals surface area contributed by atoms with Crippen LogP contribution >= 0.6 is 0 Å². The lowest BCUT2D eigenvalue weighted by Gasteiger charge is -2.08. The van der Waals surface area contributed by atoms with E-state index in [0.29, 0.717) is 0 Å². The fraction of sp³-hybridized carbons (Fsp3) is 0.0909. The molecule has 0 unspecified atom stereocenters. The van der Waals surface area contributed by atoms with Gasteiger partial charge in [0.1, 0.15) is 5.82 Å². The first-order valence-corrected chi connectivity index (χ1v) is 5.45. The average Bonchev–Trinajstić information content (AvgIpc) is 2.80. The minimum Gasteiger partial charge on any atom is -0.409 e. The molecule has 0 bridgehead atoms. The molecule has 0 atom stereocenters. The summed E-state index contributed by atoms with van der Waals surface area (Å²) >= 11 is 0. The Morgan fingerprint density at radius 1 is 1.50 bits per heavy atom. The largest absolute Gasteiger partial charge is 0.409 e. The van der Waals surface area contributed by atoms with Crippen LogP contribution in [0.5, 0.6) is 0 Å². The van der Waals surface area contributed by atoms with Gasteiger partial charge in [0.2, 0.25) is 0 Å². The number of amides is 1. The van der Waals surface area contributed by atoms with Gasteiger partial charge in [-0.15, -0.1) is 0 Å². The average molecular weight is 278 g/mol. The number of pyridine rings is 1. The fourth-order valence-electron chi connectivity index (χ4n) is 1.56. The van der Waals surface area contributed by atoms with Gasteiger partial charge in [-0.1, -0.05) is 5.16 Å². The zero-order chi connectivity index (χ0) is 14.7. The second-order valence-electron chi connectivity index (χ2n) is 3.83. The zero-order valence-corrected chi connectivity index (χ0v) is 10.4. The van der Waals surface area contributed by atoms with Crippen LogP contribution in [0.15, 0.2) is 29.8 Å². The number of anilines is 1. The molecule has 0 saturated carbocycles. The van der Waals surface area contributed by atoms with Crippen molar-refractivity contribution in [3.05, 3.63) is 41.6 Å². The van der Waals surface area contributed by atoms with Gasteiger partial charge in [0.15, 0.2) is 11.7 Å². The number of carbonyl (C=O) groups is 1. The monoisotopic (exact) mass is 278 g/mol. The Labute approximate surface area is 112 Å². The minimum atomic E-state index is -0.752. The number of aromatic nitrogens is 3. The maximum Gasteiger partial charge on any atom is 0.259 e. The van der Waals surface area contributed by atoms with Crippen LogP contribution in [0.3, 0.4) is 0 Å². The van der Waals surface area contributed by atoms with Gasteiger partial charge in [-0.05, 0) is 6.07 Å². The Morgan fingerprint density at radius 2 is 2.25 bits per heavy atom. The lowest BCUT2D eigenvalue weighted by Crippen LogP contribution is -2.20. The summed E-state index contributed by atoms with van der Waals surface area (Å²) in [4.78, 5) is 15.5. The summed E-state index contributed by atoms with van der Waals surface area (Å²) in [5, 5.41) is 17.8. The molecule has 9 heteroatoms. The van der Waals surface area contributed by atoms with Gasteiger partial charge in [0.05, 0.1) is 23.5 Å². The third-order valence-electron chi connectivity index (χ3n) is 2.57. The van der Waals surface area contributed by atoms with Crippen molar-refractivity contribution in [2.45, 2.75) is 0 Å². The predicted octanol–water partition coefficient (Wildman–Crippen LogP) is 0.301. The number of hydrogen-bond acceptors (Lipinski definition) is 5. The Hall–Kier alpha value is -2.97. The van der Waals surface area contributed by atoms with Crippen molar-refractivity contribution in [1.82, 2.24) is 14.8 Å². The summed E-state index contributed by atoms with van der Waals surface area (Å²) in [6.45, 7) is 0. The van der Waals surface area contributed by atoms with Crippen LogP contribution in [0.4, 0.5) is 10.2 Å². The van der Waals surface area contributed by atoms with Crippen molar-refractivity contribution < 1.29 is 14.4 Å². The molecule has 0 radical (unpaired) electrons. The van der Waals surface area contributed by atoms with Crippen LogP contribution in [0.25, 0.3) is 0 Å². The highest BCUT2D eigenvalue weighted by Crippen LogP contribution is 2.15. The molecule has 20 heavy (non-hydrogen) atoms. The Bertz CT molecular complexity index is 681. The second kappa shape index (κ2) is 5.34. The SMILES string of the molecule is Cn1ncc(C(N)=NO)c1NC(=O)c1ccncc1F. The van der Waals surface area contributed by atoms with E-state index < -0.39 is 11.7 Å².